The molecule has 0 bridgehead atoms. The molecule has 2 rings (SSSR count). The maximum atomic E-state index is 11.9. The lowest BCUT2D eigenvalue weighted by Gasteiger charge is -2.15. The van der Waals surface area contributed by atoms with E-state index in [1.54, 1.807) is 13.0 Å². The van der Waals surface area contributed by atoms with Crippen LogP contribution in [0.5, 0.6) is 11.5 Å². The average molecular weight is 385 g/mol. The number of aryl methyl sites for hydroxylation is 2. The molecule has 0 aromatic heterocycles. The molecular weight excluding hydrogens is 352 g/mol. The van der Waals surface area contributed by atoms with Crippen molar-refractivity contribution in [3.05, 3.63) is 58.1 Å². The van der Waals surface area contributed by atoms with E-state index in [-0.39, 0.29) is 18.3 Å². The van der Waals surface area contributed by atoms with Crippen LogP contribution in [0.1, 0.15) is 67.3 Å². The number of ketones is 1. The van der Waals surface area contributed by atoms with Gasteiger partial charge in [0.1, 0.15) is 18.1 Å². The average Bonchev–Trinajstić information content (AvgIpc) is 2.62. The van der Waals surface area contributed by atoms with Gasteiger partial charge in [-0.05, 0) is 85.5 Å². The Morgan fingerprint density at radius 3 is 2.29 bits per heavy atom. The Kier molecular flexibility index (Phi) is 7.64. The largest absolute Gasteiger partial charge is 0.508 e. The first-order valence-corrected chi connectivity index (χ1v) is 9.91. The molecule has 4 nitrogen and oxygen atoms in total. The van der Waals surface area contributed by atoms with Crippen molar-refractivity contribution in [2.24, 2.45) is 0 Å². The van der Waals surface area contributed by atoms with Crippen LogP contribution in [0, 0.1) is 13.8 Å². The van der Waals surface area contributed by atoms with Crippen molar-refractivity contribution in [1.82, 2.24) is 0 Å². The third-order valence-corrected chi connectivity index (χ3v) is 5.01. The molecule has 0 heterocycles. The lowest BCUT2D eigenvalue weighted by molar-refractivity contribution is -0.121. The van der Waals surface area contributed by atoms with Crippen molar-refractivity contribution in [3.8, 4) is 11.5 Å². The second-order valence-corrected chi connectivity index (χ2v) is 7.98. The summed E-state index contributed by atoms with van der Waals surface area (Å²) in [5.41, 5.74) is 5.59. The Balaban J connectivity index is 2.10. The number of phenolic OH excluding ortho intramolecular Hbond substituents is 1. The molecule has 0 saturated carbocycles. The summed E-state index contributed by atoms with van der Waals surface area (Å²) in [6.45, 7) is 9.95. The zero-order valence-corrected chi connectivity index (χ0v) is 17.6. The number of carbonyl (C=O) groups excluding carboxylic acids is 1. The molecule has 0 spiro atoms. The van der Waals surface area contributed by atoms with E-state index in [1.807, 2.05) is 32.0 Å². The molecule has 0 aliphatic heterocycles. The molecular formula is C24H32O4. The zero-order valence-electron chi connectivity index (χ0n) is 17.6. The topological polar surface area (TPSA) is 66.8 Å². The van der Waals surface area contributed by atoms with Crippen molar-refractivity contribution in [3.63, 3.8) is 0 Å². The van der Waals surface area contributed by atoms with Gasteiger partial charge < -0.3 is 14.9 Å². The Morgan fingerprint density at radius 1 is 1.07 bits per heavy atom. The molecule has 1 atom stereocenters. The second kappa shape index (κ2) is 9.74. The van der Waals surface area contributed by atoms with Crippen LogP contribution in [0.2, 0.25) is 0 Å². The standard InChI is InChI=1S/C24H32O4/c1-15(2)22-12-19(7-9-24(22)27)13-23-16(3)10-21(11-17(23)4)28-14-20(26)8-6-18(5)25/h7,9-12,15,18,25,27H,6,8,13-14H2,1-5H3. The number of rotatable bonds is 9. The van der Waals surface area contributed by atoms with Crippen LogP contribution in [0.25, 0.3) is 0 Å². The highest BCUT2D eigenvalue weighted by Crippen LogP contribution is 2.29. The van der Waals surface area contributed by atoms with Crippen LogP contribution < -0.4 is 4.74 Å². The first-order chi connectivity index (χ1) is 13.2. The van der Waals surface area contributed by atoms with Crippen LogP contribution in [0.4, 0.5) is 0 Å². The van der Waals surface area contributed by atoms with Gasteiger partial charge in [0.05, 0.1) is 6.10 Å². The number of Topliss-reactive ketones (excluding diaryl/α,β-unsaturated/α-hetero) is 1. The molecule has 28 heavy (non-hydrogen) atoms. The number of aliphatic hydroxyl groups is 1. The predicted octanol–water partition coefficient (Wildman–Crippen LogP) is 4.83. The van der Waals surface area contributed by atoms with E-state index in [2.05, 4.69) is 19.9 Å². The Bertz CT molecular complexity index is 798. The van der Waals surface area contributed by atoms with Crippen molar-refractivity contribution < 1.29 is 19.7 Å². The highest BCUT2D eigenvalue weighted by atomic mass is 16.5. The third-order valence-electron chi connectivity index (χ3n) is 5.01. The monoisotopic (exact) mass is 384 g/mol. The van der Waals surface area contributed by atoms with Crippen molar-refractivity contribution in [1.29, 1.82) is 0 Å². The molecule has 2 N–H and O–H groups in total. The second-order valence-electron chi connectivity index (χ2n) is 7.98. The Morgan fingerprint density at radius 2 is 1.71 bits per heavy atom. The maximum absolute atomic E-state index is 11.9. The molecule has 0 fully saturated rings. The molecule has 2 aromatic carbocycles. The number of aromatic hydroxyl groups is 1. The van der Waals surface area contributed by atoms with Gasteiger partial charge in [0, 0.05) is 6.42 Å². The van der Waals surface area contributed by atoms with Crippen LogP contribution in [-0.4, -0.2) is 28.7 Å². The van der Waals surface area contributed by atoms with Gasteiger partial charge in [0.15, 0.2) is 5.78 Å². The summed E-state index contributed by atoms with van der Waals surface area (Å²) in [7, 11) is 0. The summed E-state index contributed by atoms with van der Waals surface area (Å²) in [5, 5.41) is 19.3. The Hall–Kier alpha value is -2.33. The molecule has 0 saturated heterocycles. The maximum Gasteiger partial charge on any atom is 0.170 e. The van der Waals surface area contributed by atoms with Gasteiger partial charge in [0.25, 0.3) is 0 Å². The number of aliphatic hydroxyl groups excluding tert-OH is 1. The fraction of sp³-hybridized carbons (Fsp3) is 0.458. The lowest BCUT2D eigenvalue weighted by atomic mass is 9.93. The van der Waals surface area contributed by atoms with Crippen LogP contribution in [0.3, 0.4) is 0 Å². The highest BCUT2D eigenvalue weighted by Gasteiger charge is 2.12. The molecule has 152 valence electrons. The third kappa shape index (κ3) is 6.10. The molecule has 0 amide bonds. The van der Waals surface area contributed by atoms with Gasteiger partial charge in [-0.3, -0.25) is 4.79 Å². The van der Waals surface area contributed by atoms with Gasteiger partial charge in [-0.1, -0.05) is 26.0 Å². The number of carbonyl (C=O) groups is 1. The van der Waals surface area contributed by atoms with Gasteiger partial charge in [-0.2, -0.15) is 0 Å². The lowest BCUT2D eigenvalue weighted by Crippen LogP contribution is -2.14. The minimum absolute atomic E-state index is 0.00871. The van der Waals surface area contributed by atoms with E-state index < -0.39 is 6.10 Å². The summed E-state index contributed by atoms with van der Waals surface area (Å²) in [6.07, 6.45) is 1.10. The summed E-state index contributed by atoms with van der Waals surface area (Å²) in [6, 6.07) is 9.74. The smallest absolute Gasteiger partial charge is 0.170 e. The van der Waals surface area contributed by atoms with E-state index in [9.17, 15) is 15.0 Å². The number of ether oxygens (including phenoxy) is 1. The zero-order chi connectivity index (χ0) is 20.8. The number of hydrogen-bond acceptors (Lipinski definition) is 4. The van der Waals surface area contributed by atoms with E-state index in [1.165, 1.54) is 5.56 Å². The molecule has 0 aliphatic carbocycles. The van der Waals surface area contributed by atoms with Crippen molar-refractivity contribution in [2.45, 2.75) is 65.9 Å². The fourth-order valence-corrected chi connectivity index (χ4v) is 3.30. The van der Waals surface area contributed by atoms with E-state index in [4.69, 9.17) is 4.74 Å². The van der Waals surface area contributed by atoms with Crippen LogP contribution in [0.15, 0.2) is 30.3 Å². The van der Waals surface area contributed by atoms with Gasteiger partial charge in [0.2, 0.25) is 0 Å². The summed E-state index contributed by atoms with van der Waals surface area (Å²) in [5.74, 6) is 1.30. The van der Waals surface area contributed by atoms with E-state index >= 15 is 0 Å². The quantitative estimate of drug-likeness (QED) is 0.650. The highest BCUT2D eigenvalue weighted by molar-refractivity contribution is 5.79. The first kappa shape index (κ1) is 22.0. The summed E-state index contributed by atoms with van der Waals surface area (Å²) >= 11 is 0. The van der Waals surface area contributed by atoms with Gasteiger partial charge >= 0.3 is 0 Å². The Labute approximate surface area is 168 Å². The molecule has 0 radical (unpaired) electrons. The van der Waals surface area contributed by atoms with Crippen molar-refractivity contribution >= 4 is 5.78 Å². The molecule has 4 heteroatoms. The normalized spacial score (nSPS) is 12.2. The first-order valence-electron chi connectivity index (χ1n) is 9.91. The van der Waals surface area contributed by atoms with Gasteiger partial charge in [-0.25, -0.2) is 0 Å². The minimum atomic E-state index is -0.469. The number of hydrogen-bond donors (Lipinski definition) is 2. The molecule has 0 aliphatic rings. The van der Waals surface area contributed by atoms with E-state index in [0.717, 1.165) is 28.7 Å². The van der Waals surface area contributed by atoms with Crippen LogP contribution >= 0.6 is 0 Å². The predicted molar refractivity (Wildman–Crippen MR) is 112 cm³/mol. The molecule has 2 aromatic rings. The number of phenols is 1. The summed E-state index contributed by atoms with van der Waals surface area (Å²) < 4.78 is 5.67. The minimum Gasteiger partial charge on any atom is -0.508 e. The van der Waals surface area contributed by atoms with Crippen LogP contribution in [-0.2, 0) is 11.2 Å². The van der Waals surface area contributed by atoms with E-state index in [0.29, 0.717) is 24.3 Å². The number of benzene rings is 2. The summed E-state index contributed by atoms with van der Waals surface area (Å²) in [4.78, 5) is 11.9. The SMILES string of the molecule is Cc1cc(OCC(=O)CCC(C)O)cc(C)c1Cc1ccc(O)c(C(C)C)c1. The van der Waals surface area contributed by atoms with Gasteiger partial charge in [-0.15, -0.1) is 0 Å². The fourth-order valence-electron chi connectivity index (χ4n) is 3.30. The van der Waals surface area contributed by atoms with Crippen molar-refractivity contribution in [2.75, 3.05) is 6.61 Å². The molecule has 1 unspecified atom stereocenters.